The highest BCUT2D eigenvalue weighted by Gasteiger charge is 2.37. The van der Waals surface area contributed by atoms with Crippen LogP contribution in [0.2, 0.25) is 0 Å². The molecule has 202 valence electrons. The van der Waals surface area contributed by atoms with Gasteiger partial charge in [-0.3, -0.25) is 24.6 Å². The molecule has 1 heterocycles. The molecule has 0 N–H and O–H groups in total. The van der Waals surface area contributed by atoms with E-state index in [9.17, 15) is 24.5 Å². The summed E-state index contributed by atoms with van der Waals surface area (Å²) in [7, 11) is 4.40. The molecular formula is C27H32N4O6S. The summed E-state index contributed by atoms with van der Waals surface area (Å²) in [5.74, 6) is -0.411. The van der Waals surface area contributed by atoms with E-state index in [2.05, 4.69) is 13.8 Å². The first-order valence-electron chi connectivity index (χ1n) is 12.1. The monoisotopic (exact) mass is 540 g/mol. The fourth-order valence-electron chi connectivity index (χ4n) is 4.14. The van der Waals surface area contributed by atoms with Gasteiger partial charge in [-0.25, -0.2) is 4.79 Å². The van der Waals surface area contributed by atoms with Gasteiger partial charge in [0.1, 0.15) is 6.04 Å². The molecule has 1 saturated heterocycles. The Hall–Kier alpha value is -3.86. The second kappa shape index (κ2) is 12.6. The molecule has 3 amide bonds. The van der Waals surface area contributed by atoms with Crippen LogP contribution in [0.5, 0.6) is 0 Å². The molecule has 0 aromatic heterocycles. The smallest absolute Gasteiger partial charge is 0.410 e. The molecule has 0 aliphatic carbocycles. The molecule has 1 atom stereocenters. The Morgan fingerprint density at radius 2 is 1.84 bits per heavy atom. The van der Waals surface area contributed by atoms with E-state index < -0.39 is 17.1 Å². The number of carbonyl (C=O) groups excluding carboxylic acids is 3. The number of methoxy groups -OCH3 is 1. The minimum atomic E-state index is -0.866. The van der Waals surface area contributed by atoms with E-state index in [4.69, 9.17) is 4.74 Å². The van der Waals surface area contributed by atoms with E-state index in [1.54, 1.807) is 26.2 Å². The largest absolute Gasteiger partial charge is 0.453 e. The number of piperazine rings is 1. The third-order valence-electron chi connectivity index (χ3n) is 6.19. The van der Waals surface area contributed by atoms with Crippen LogP contribution in [0.3, 0.4) is 0 Å². The first-order chi connectivity index (χ1) is 18.0. The molecule has 1 unspecified atom stereocenters. The Bertz CT molecular complexity index is 1250. The Labute approximate surface area is 226 Å². The molecule has 0 bridgehead atoms. The Kier molecular flexibility index (Phi) is 9.51. The summed E-state index contributed by atoms with van der Waals surface area (Å²) in [5.41, 5.74) is 1.56. The second-order valence-electron chi connectivity index (χ2n) is 9.31. The summed E-state index contributed by atoms with van der Waals surface area (Å²) in [6, 6.07) is 11.8. The fraction of sp³-hybridized carbons (Fsp3) is 0.370. The van der Waals surface area contributed by atoms with Crippen LogP contribution < -0.4 is 0 Å². The average Bonchev–Trinajstić information content (AvgIpc) is 2.91. The van der Waals surface area contributed by atoms with Crippen molar-refractivity contribution in [3.8, 4) is 0 Å². The maximum absolute atomic E-state index is 12.9. The van der Waals surface area contributed by atoms with Crippen LogP contribution in [0, 0.1) is 10.1 Å². The minimum Gasteiger partial charge on any atom is -0.453 e. The summed E-state index contributed by atoms with van der Waals surface area (Å²) in [6.07, 6.45) is 2.21. The number of carbonyl (C=O) groups is 3. The molecule has 2 aromatic carbocycles. The highest BCUT2D eigenvalue weighted by Crippen LogP contribution is 2.39. The Morgan fingerprint density at radius 3 is 2.47 bits per heavy atom. The summed E-state index contributed by atoms with van der Waals surface area (Å²) in [6.45, 7) is 4.53. The number of benzene rings is 2. The zero-order valence-electron chi connectivity index (χ0n) is 22.1. The van der Waals surface area contributed by atoms with E-state index >= 15 is 0 Å². The Balaban J connectivity index is 1.78. The number of ether oxygens (including phenoxy) is 1. The van der Waals surface area contributed by atoms with E-state index in [0.717, 1.165) is 10.5 Å². The lowest BCUT2D eigenvalue weighted by Gasteiger charge is -2.40. The third-order valence-corrected chi connectivity index (χ3v) is 7.34. The van der Waals surface area contributed by atoms with E-state index in [1.807, 2.05) is 24.3 Å². The molecule has 10 nitrogen and oxygen atoms in total. The molecule has 1 aliphatic rings. The zero-order valence-corrected chi connectivity index (χ0v) is 22.9. The van der Waals surface area contributed by atoms with Crippen LogP contribution >= 0.6 is 11.8 Å². The number of rotatable bonds is 7. The number of nitro groups is 1. The van der Waals surface area contributed by atoms with Gasteiger partial charge in [-0.1, -0.05) is 49.9 Å². The van der Waals surface area contributed by atoms with Gasteiger partial charge in [0.25, 0.3) is 5.69 Å². The van der Waals surface area contributed by atoms with Crippen molar-refractivity contribution in [3.63, 3.8) is 0 Å². The first kappa shape index (κ1) is 28.7. The average molecular weight is 541 g/mol. The quantitative estimate of drug-likeness (QED) is 0.293. The number of likely N-dealkylation sites (N-methyl/N-ethyl adjacent to an activating group) is 1. The summed E-state index contributed by atoms with van der Waals surface area (Å²) in [4.78, 5) is 54.7. The molecular weight excluding hydrogens is 508 g/mol. The highest BCUT2D eigenvalue weighted by atomic mass is 32.2. The van der Waals surface area contributed by atoms with Crippen molar-refractivity contribution < 1.29 is 24.0 Å². The van der Waals surface area contributed by atoms with Crippen LogP contribution in [0.1, 0.15) is 30.9 Å². The van der Waals surface area contributed by atoms with Crippen molar-refractivity contribution in [1.82, 2.24) is 14.7 Å². The second-order valence-corrected chi connectivity index (χ2v) is 10.4. The highest BCUT2D eigenvalue weighted by molar-refractivity contribution is 7.99. The molecule has 1 fully saturated rings. The predicted octanol–water partition coefficient (Wildman–Crippen LogP) is 4.25. The van der Waals surface area contributed by atoms with E-state index in [1.165, 1.54) is 51.8 Å². The van der Waals surface area contributed by atoms with Crippen molar-refractivity contribution in [2.24, 2.45) is 0 Å². The Morgan fingerprint density at radius 1 is 1.13 bits per heavy atom. The van der Waals surface area contributed by atoms with Gasteiger partial charge in [-0.15, -0.1) is 0 Å². The van der Waals surface area contributed by atoms with Crippen LogP contribution in [0.25, 0.3) is 6.08 Å². The van der Waals surface area contributed by atoms with Crippen molar-refractivity contribution in [2.75, 3.05) is 40.8 Å². The number of nitrogens with zero attached hydrogens (tertiary/aromatic N) is 4. The number of hydrogen-bond donors (Lipinski definition) is 0. The van der Waals surface area contributed by atoms with Crippen molar-refractivity contribution in [2.45, 2.75) is 35.6 Å². The third kappa shape index (κ3) is 6.71. The maximum Gasteiger partial charge on any atom is 0.410 e. The lowest BCUT2D eigenvalue weighted by molar-refractivity contribution is -0.387. The van der Waals surface area contributed by atoms with Crippen molar-refractivity contribution >= 4 is 41.4 Å². The molecule has 2 aromatic rings. The van der Waals surface area contributed by atoms with Crippen LogP contribution in [0.4, 0.5) is 10.5 Å². The maximum atomic E-state index is 12.9. The minimum absolute atomic E-state index is 0.0142. The normalized spacial score (nSPS) is 15.6. The summed E-state index contributed by atoms with van der Waals surface area (Å²) in [5, 5.41) is 11.8. The van der Waals surface area contributed by atoms with Crippen LogP contribution in [0.15, 0.2) is 58.3 Å². The van der Waals surface area contributed by atoms with Gasteiger partial charge in [-0.05, 0) is 35.3 Å². The molecule has 0 radical (unpaired) electrons. The van der Waals surface area contributed by atoms with Crippen LogP contribution in [-0.4, -0.2) is 84.4 Å². The molecule has 3 rings (SSSR count). The van der Waals surface area contributed by atoms with E-state index in [0.29, 0.717) is 10.5 Å². The molecule has 0 saturated carbocycles. The summed E-state index contributed by atoms with van der Waals surface area (Å²) >= 11 is 1.34. The van der Waals surface area contributed by atoms with E-state index in [-0.39, 0.29) is 43.1 Å². The van der Waals surface area contributed by atoms with Gasteiger partial charge in [0.2, 0.25) is 11.8 Å². The molecule has 0 spiro atoms. The molecule has 11 heteroatoms. The zero-order chi connectivity index (χ0) is 28.0. The topological polar surface area (TPSA) is 113 Å². The number of amides is 3. The predicted molar refractivity (Wildman–Crippen MR) is 145 cm³/mol. The van der Waals surface area contributed by atoms with Crippen molar-refractivity contribution in [1.29, 1.82) is 0 Å². The number of hydrogen-bond acceptors (Lipinski definition) is 7. The van der Waals surface area contributed by atoms with Gasteiger partial charge in [0.05, 0.1) is 23.5 Å². The lowest BCUT2D eigenvalue weighted by Crippen LogP contribution is -2.61. The summed E-state index contributed by atoms with van der Waals surface area (Å²) < 4.78 is 4.79. The molecule has 1 aliphatic heterocycles. The van der Waals surface area contributed by atoms with Gasteiger partial charge in [0, 0.05) is 44.2 Å². The van der Waals surface area contributed by atoms with Gasteiger partial charge in [0.15, 0.2) is 0 Å². The SMILES string of the molecule is COC(=O)N1CCN(C(=O)C=Cc2ccc(Sc3ccccc3C(C)C)c([N+](=O)[O-])c2)CC1C(=O)N(C)C. The number of nitro benzene ring substituents is 1. The van der Waals surface area contributed by atoms with Gasteiger partial charge in [-0.2, -0.15) is 0 Å². The first-order valence-corrected chi connectivity index (χ1v) is 12.9. The lowest BCUT2D eigenvalue weighted by atomic mass is 10.0. The molecule has 38 heavy (non-hydrogen) atoms. The van der Waals surface area contributed by atoms with Crippen LogP contribution in [-0.2, 0) is 14.3 Å². The standard InChI is InChI=1S/C27H32N4O6S/c1-18(2)20-8-6-7-9-23(20)38-24-12-10-19(16-21(24)31(35)36)11-13-25(32)29-14-15-30(27(34)37-5)22(17-29)26(33)28(3)4/h6-13,16,18,22H,14-15,17H2,1-5H3. The van der Waals surface area contributed by atoms with Crippen molar-refractivity contribution in [3.05, 3.63) is 69.8 Å². The fourth-order valence-corrected chi connectivity index (χ4v) is 5.32. The van der Waals surface area contributed by atoms with Gasteiger partial charge >= 0.3 is 6.09 Å². The van der Waals surface area contributed by atoms with Gasteiger partial charge < -0.3 is 14.5 Å².